The molecule has 110 valence electrons. The number of fused-ring (bicyclic) bond motifs is 3. The van der Waals surface area contributed by atoms with Gasteiger partial charge in [0.1, 0.15) is 0 Å². The predicted molar refractivity (Wildman–Crippen MR) is 82.2 cm³/mol. The van der Waals surface area contributed by atoms with Gasteiger partial charge in [-0.3, -0.25) is 9.69 Å². The van der Waals surface area contributed by atoms with Crippen molar-refractivity contribution in [3.8, 4) is 0 Å². The van der Waals surface area contributed by atoms with E-state index >= 15 is 0 Å². The molecule has 3 aliphatic rings. The van der Waals surface area contributed by atoms with Crippen LogP contribution in [0.15, 0.2) is 24.3 Å². The zero-order chi connectivity index (χ0) is 13.4. The molecule has 1 amide bonds. The summed E-state index contributed by atoms with van der Waals surface area (Å²) in [4.78, 5) is 14.5. The average Bonchev–Trinajstić information content (AvgIpc) is 2.43. The minimum atomic E-state index is -0.101. The largest absolute Gasteiger partial charge is 0.335 e. The minimum Gasteiger partial charge on any atom is -0.335 e. The molecular weight excluding hydrogens is 297 g/mol. The standard InChI is InChI=1S/C14H18ClN3O.ClH/c15-11-3-1-2-10(8-11)14(19)17-13-12(16)9-4-6-18(13)7-5-9;/h1-3,8-9,12-13H,4-7,16H2,(H,17,19);1H. The number of carbonyl (C=O) groups is 1. The monoisotopic (exact) mass is 315 g/mol. The van der Waals surface area contributed by atoms with Crippen molar-refractivity contribution in [2.24, 2.45) is 11.7 Å². The van der Waals surface area contributed by atoms with Gasteiger partial charge in [0.2, 0.25) is 0 Å². The van der Waals surface area contributed by atoms with Crippen LogP contribution in [0.25, 0.3) is 0 Å². The molecule has 0 aliphatic carbocycles. The predicted octanol–water partition coefficient (Wildman–Crippen LogP) is 1.87. The maximum atomic E-state index is 12.2. The summed E-state index contributed by atoms with van der Waals surface area (Å²) >= 11 is 5.91. The summed E-state index contributed by atoms with van der Waals surface area (Å²) in [5.74, 6) is 0.435. The van der Waals surface area contributed by atoms with Gasteiger partial charge in [-0.05, 0) is 37.0 Å². The molecular formula is C14H19Cl2N3O. The first kappa shape index (κ1) is 15.6. The number of hydrogen-bond donors (Lipinski definition) is 2. The van der Waals surface area contributed by atoms with Crippen LogP contribution in [-0.4, -0.2) is 36.1 Å². The Bertz CT molecular complexity index is 487. The van der Waals surface area contributed by atoms with Gasteiger partial charge in [0.15, 0.2) is 0 Å². The molecule has 4 rings (SSSR count). The lowest BCUT2D eigenvalue weighted by atomic mass is 9.82. The van der Waals surface area contributed by atoms with E-state index in [0.29, 0.717) is 16.5 Å². The number of nitrogens with two attached hydrogens (primary N) is 1. The lowest BCUT2D eigenvalue weighted by Crippen LogP contribution is -2.67. The molecule has 1 aromatic rings. The lowest BCUT2D eigenvalue weighted by Gasteiger charge is -2.49. The molecule has 20 heavy (non-hydrogen) atoms. The molecule has 3 saturated heterocycles. The van der Waals surface area contributed by atoms with Crippen LogP contribution in [0.4, 0.5) is 0 Å². The maximum Gasteiger partial charge on any atom is 0.252 e. The van der Waals surface area contributed by atoms with Gasteiger partial charge in [0.25, 0.3) is 5.91 Å². The van der Waals surface area contributed by atoms with Crippen LogP contribution in [0, 0.1) is 5.92 Å². The van der Waals surface area contributed by atoms with Gasteiger partial charge in [-0.1, -0.05) is 17.7 Å². The van der Waals surface area contributed by atoms with E-state index in [1.807, 2.05) is 0 Å². The summed E-state index contributed by atoms with van der Waals surface area (Å²) in [7, 11) is 0. The number of nitrogens with one attached hydrogen (secondary N) is 1. The fraction of sp³-hybridized carbons (Fsp3) is 0.500. The molecule has 3 N–H and O–H groups in total. The number of piperidine rings is 3. The van der Waals surface area contributed by atoms with Crippen LogP contribution in [-0.2, 0) is 0 Å². The van der Waals surface area contributed by atoms with Crippen molar-refractivity contribution in [3.05, 3.63) is 34.9 Å². The maximum absolute atomic E-state index is 12.2. The van der Waals surface area contributed by atoms with E-state index < -0.39 is 0 Å². The Labute approximate surface area is 130 Å². The summed E-state index contributed by atoms with van der Waals surface area (Å²) < 4.78 is 0. The number of nitrogens with zero attached hydrogens (tertiary/aromatic N) is 1. The van der Waals surface area contributed by atoms with Crippen molar-refractivity contribution in [1.29, 1.82) is 0 Å². The molecule has 3 fully saturated rings. The summed E-state index contributed by atoms with van der Waals surface area (Å²) in [6.45, 7) is 2.05. The normalized spacial score (nSPS) is 31.5. The van der Waals surface area contributed by atoms with Crippen LogP contribution >= 0.6 is 24.0 Å². The number of carbonyl (C=O) groups excluding carboxylic acids is 1. The Balaban J connectivity index is 0.00000147. The van der Waals surface area contributed by atoms with Gasteiger partial charge >= 0.3 is 0 Å². The summed E-state index contributed by atoms with van der Waals surface area (Å²) in [5, 5.41) is 3.62. The van der Waals surface area contributed by atoms with Crippen LogP contribution in [0.3, 0.4) is 0 Å². The fourth-order valence-corrected chi connectivity index (χ4v) is 3.31. The minimum absolute atomic E-state index is 0. The van der Waals surface area contributed by atoms with E-state index in [4.69, 9.17) is 17.3 Å². The summed E-state index contributed by atoms with van der Waals surface area (Å²) in [6, 6.07) is 7.02. The first-order valence-corrected chi connectivity index (χ1v) is 7.09. The summed E-state index contributed by atoms with van der Waals surface area (Å²) in [5.41, 5.74) is 6.82. The first-order chi connectivity index (χ1) is 9.15. The summed E-state index contributed by atoms with van der Waals surface area (Å²) in [6.07, 6.45) is 2.24. The highest BCUT2D eigenvalue weighted by atomic mass is 35.5. The van der Waals surface area contributed by atoms with Crippen molar-refractivity contribution in [3.63, 3.8) is 0 Å². The van der Waals surface area contributed by atoms with Crippen LogP contribution in [0.2, 0.25) is 5.02 Å². The molecule has 0 radical (unpaired) electrons. The Hall–Kier alpha value is -0.810. The lowest BCUT2D eigenvalue weighted by molar-refractivity contribution is 0.0115. The highest BCUT2D eigenvalue weighted by Crippen LogP contribution is 2.30. The second-order valence-corrected chi connectivity index (χ2v) is 5.82. The Morgan fingerprint density at radius 2 is 2.05 bits per heavy atom. The SMILES string of the molecule is Cl.NC1C2CCN(CC2)C1NC(=O)c1cccc(Cl)c1. The van der Waals surface area contributed by atoms with Gasteiger partial charge in [-0.15, -0.1) is 12.4 Å². The van der Waals surface area contributed by atoms with Gasteiger partial charge in [0.05, 0.1) is 6.17 Å². The molecule has 3 aliphatic heterocycles. The number of rotatable bonds is 2. The van der Waals surface area contributed by atoms with E-state index in [-0.39, 0.29) is 30.5 Å². The third-order valence-electron chi connectivity index (χ3n) is 4.24. The number of benzene rings is 1. The van der Waals surface area contributed by atoms with Gasteiger partial charge < -0.3 is 11.1 Å². The second kappa shape index (κ2) is 6.31. The van der Waals surface area contributed by atoms with Crippen LogP contribution < -0.4 is 11.1 Å². The highest BCUT2D eigenvalue weighted by molar-refractivity contribution is 6.30. The third-order valence-corrected chi connectivity index (χ3v) is 4.48. The van der Waals surface area contributed by atoms with Gasteiger partial charge in [-0.2, -0.15) is 0 Å². The quantitative estimate of drug-likeness (QED) is 0.876. The first-order valence-electron chi connectivity index (χ1n) is 6.71. The number of hydrogen-bond acceptors (Lipinski definition) is 3. The topological polar surface area (TPSA) is 58.4 Å². The Kier molecular flexibility index (Phi) is 4.91. The van der Waals surface area contributed by atoms with E-state index in [1.54, 1.807) is 24.3 Å². The number of amides is 1. The average molecular weight is 316 g/mol. The smallest absolute Gasteiger partial charge is 0.252 e. The van der Waals surface area contributed by atoms with E-state index in [9.17, 15) is 4.79 Å². The molecule has 1 aromatic carbocycles. The van der Waals surface area contributed by atoms with Crippen molar-refractivity contribution in [2.45, 2.75) is 25.0 Å². The molecule has 2 bridgehead atoms. The van der Waals surface area contributed by atoms with Gasteiger partial charge in [0, 0.05) is 29.7 Å². The zero-order valence-corrected chi connectivity index (χ0v) is 12.7. The molecule has 2 atom stereocenters. The molecule has 0 aromatic heterocycles. The molecule has 0 saturated carbocycles. The van der Waals surface area contributed by atoms with Crippen LogP contribution in [0.1, 0.15) is 23.2 Å². The van der Waals surface area contributed by atoms with Crippen molar-refractivity contribution in [2.75, 3.05) is 13.1 Å². The molecule has 2 unspecified atom stereocenters. The van der Waals surface area contributed by atoms with E-state index in [0.717, 1.165) is 25.9 Å². The van der Waals surface area contributed by atoms with Crippen molar-refractivity contribution < 1.29 is 4.79 Å². The van der Waals surface area contributed by atoms with Crippen molar-refractivity contribution >= 4 is 29.9 Å². The van der Waals surface area contributed by atoms with Crippen molar-refractivity contribution in [1.82, 2.24) is 10.2 Å². The zero-order valence-electron chi connectivity index (χ0n) is 11.1. The van der Waals surface area contributed by atoms with Gasteiger partial charge in [-0.25, -0.2) is 0 Å². The van der Waals surface area contributed by atoms with Crippen LogP contribution in [0.5, 0.6) is 0 Å². The third kappa shape index (κ3) is 2.93. The second-order valence-electron chi connectivity index (χ2n) is 5.38. The molecule has 3 heterocycles. The molecule has 4 nitrogen and oxygen atoms in total. The Morgan fingerprint density at radius 3 is 2.65 bits per heavy atom. The Morgan fingerprint density at radius 1 is 1.35 bits per heavy atom. The van der Waals surface area contributed by atoms with E-state index in [1.165, 1.54) is 0 Å². The highest BCUT2D eigenvalue weighted by Gasteiger charge is 2.40. The molecule has 6 heteroatoms. The molecule has 0 spiro atoms. The number of halogens is 2. The fourth-order valence-electron chi connectivity index (χ4n) is 3.12. The van der Waals surface area contributed by atoms with E-state index in [2.05, 4.69) is 10.2 Å².